The van der Waals surface area contributed by atoms with Gasteiger partial charge in [-0.05, 0) is 43.3 Å². The van der Waals surface area contributed by atoms with E-state index in [-0.39, 0.29) is 12.4 Å². The number of nitrogens with one attached hydrogen (secondary N) is 2. The third-order valence-corrected chi connectivity index (χ3v) is 4.75. The number of rotatable bonds is 7. The van der Waals surface area contributed by atoms with Gasteiger partial charge in [0.15, 0.2) is 12.4 Å². The van der Waals surface area contributed by atoms with Gasteiger partial charge in [0.2, 0.25) is 0 Å². The second-order valence-electron chi connectivity index (χ2n) is 6.99. The standard InChI is InChI=1S/C22H24N2O5/c1-16(25)18-6-8-20(9-7-18)23-21(26)15-29-22(27)19-4-2-17(3-5-19)14-24-10-12-28-13-11-24/h2-9H,10-15H2,1H3,(H,23,26)/p+1. The minimum absolute atomic E-state index is 0.0471. The van der Waals surface area contributed by atoms with Crippen molar-refractivity contribution in [3.05, 3.63) is 65.2 Å². The topological polar surface area (TPSA) is 86.1 Å². The third kappa shape index (κ3) is 6.23. The molecule has 0 bridgehead atoms. The van der Waals surface area contributed by atoms with Crippen molar-refractivity contribution in [1.82, 2.24) is 0 Å². The molecule has 1 amide bonds. The first kappa shape index (κ1) is 20.7. The number of carbonyl (C=O) groups excluding carboxylic acids is 3. The molecule has 29 heavy (non-hydrogen) atoms. The molecule has 0 aromatic heterocycles. The van der Waals surface area contributed by atoms with Crippen LogP contribution in [-0.2, 0) is 20.8 Å². The van der Waals surface area contributed by atoms with E-state index in [2.05, 4.69) is 5.32 Å². The first-order chi connectivity index (χ1) is 14.0. The minimum Gasteiger partial charge on any atom is -0.452 e. The highest BCUT2D eigenvalue weighted by molar-refractivity contribution is 5.97. The van der Waals surface area contributed by atoms with Gasteiger partial charge < -0.3 is 19.7 Å². The van der Waals surface area contributed by atoms with Gasteiger partial charge in [-0.3, -0.25) is 9.59 Å². The van der Waals surface area contributed by atoms with Crippen LogP contribution in [0, 0.1) is 0 Å². The van der Waals surface area contributed by atoms with Crippen molar-refractivity contribution in [2.45, 2.75) is 13.5 Å². The van der Waals surface area contributed by atoms with E-state index >= 15 is 0 Å². The van der Waals surface area contributed by atoms with Gasteiger partial charge in [-0.15, -0.1) is 0 Å². The summed E-state index contributed by atoms with van der Waals surface area (Å²) in [5, 5.41) is 2.63. The van der Waals surface area contributed by atoms with Crippen molar-refractivity contribution in [3.63, 3.8) is 0 Å². The molecule has 2 aromatic rings. The predicted molar refractivity (Wildman–Crippen MR) is 107 cm³/mol. The number of ether oxygens (including phenoxy) is 2. The fraction of sp³-hybridized carbons (Fsp3) is 0.318. The molecular weight excluding hydrogens is 372 g/mol. The largest absolute Gasteiger partial charge is 0.452 e. The molecular formula is C22H25N2O5+. The van der Waals surface area contributed by atoms with Crippen molar-refractivity contribution in [3.8, 4) is 0 Å². The molecule has 0 aliphatic carbocycles. The van der Waals surface area contributed by atoms with Gasteiger partial charge >= 0.3 is 5.97 Å². The molecule has 1 heterocycles. The second-order valence-corrected chi connectivity index (χ2v) is 6.99. The average molecular weight is 397 g/mol. The summed E-state index contributed by atoms with van der Waals surface area (Å²) in [5.41, 5.74) is 2.65. The van der Waals surface area contributed by atoms with Crippen LogP contribution in [0.25, 0.3) is 0 Å². The van der Waals surface area contributed by atoms with Crippen LogP contribution in [0.2, 0.25) is 0 Å². The molecule has 1 aliphatic rings. The van der Waals surface area contributed by atoms with Crippen LogP contribution in [0.4, 0.5) is 5.69 Å². The van der Waals surface area contributed by atoms with Crippen molar-refractivity contribution < 1.29 is 28.8 Å². The summed E-state index contributed by atoms with van der Waals surface area (Å²) in [5.74, 6) is -1.03. The Morgan fingerprint density at radius 2 is 1.59 bits per heavy atom. The predicted octanol–water partition coefficient (Wildman–Crippen LogP) is 1.10. The Morgan fingerprint density at radius 3 is 2.21 bits per heavy atom. The Hall–Kier alpha value is -3.03. The Bertz CT molecular complexity index is 856. The van der Waals surface area contributed by atoms with E-state index in [1.807, 2.05) is 12.1 Å². The van der Waals surface area contributed by atoms with Crippen LogP contribution in [0.5, 0.6) is 0 Å². The zero-order chi connectivity index (χ0) is 20.6. The van der Waals surface area contributed by atoms with Crippen LogP contribution in [-0.4, -0.2) is 50.6 Å². The molecule has 3 rings (SSSR count). The Morgan fingerprint density at radius 1 is 0.966 bits per heavy atom. The van der Waals surface area contributed by atoms with Gasteiger partial charge in [0.25, 0.3) is 5.91 Å². The Labute approximate surface area is 169 Å². The first-order valence-electron chi connectivity index (χ1n) is 9.59. The summed E-state index contributed by atoms with van der Waals surface area (Å²) in [6, 6.07) is 13.8. The van der Waals surface area contributed by atoms with Gasteiger partial charge in [0.1, 0.15) is 19.6 Å². The number of morpholine rings is 1. The van der Waals surface area contributed by atoms with Crippen molar-refractivity contribution in [2.24, 2.45) is 0 Å². The van der Waals surface area contributed by atoms with Gasteiger partial charge in [-0.25, -0.2) is 4.79 Å². The fourth-order valence-corrected chi connectivity index (χ4v) is 3.08. The van der Waals surface area contributed by atoms with Gasteiger partial charge in [-0.1, -0.05) is 12.1 Å². The molecule has 7 heteroatoms. The monoisotopic (exact) mass is 397 g/mol. The highest BCUT2D eigenvalue weighted by atomic mass is 16.5. The summed E-state index contributed by atoms with van der Waals surface area (Å²) < 4.78 is 10.4. The van der Waals surface area contributed by atoms with E-state index in [0.717, 1.165) is 38.4 Å². The summed E-state index contributed by atoms with van der Waals surface area (Å²) in [6.07, 6.45) is 0. The number of esters is 1. The summed E-state index contributed by atoms with van der Waals surface area (Å²) >= 11 is 0. The molecule has 0 unspecified atom stereocenters. The lowest BCUT2D eigenvalue weighted by molar-refractivity contribution is -0.921. The SMILES string of the molecule is CC(=O)c1ccc(NC(=O)COC(=O)c2ccc(C[NH+]3CCOCC3)cc2)cc1. The number of hydrogen-bond donors (Lipinski definition) is 2. The smallest absolute Gasteiger partial charge is 0.338 e. The number of benzene rings is 2. The van der Waals surface area contributed by atoms with Crippen LogP contribution in [0.1, 0.15) is 33.2 Å². The van der Waals surface area contributed by atoms with Gasteiger partial charge in [-0.2, -0.15) is 0 Å². The van der Waals surface area contributed by atoms with Crippen molar-refractivity contribution >= 4 is 23.3 Å². The lowest BCUT2D eigenvalue weighted by Gasteiger charge is -2.23. The average Bonchev–Trinajstić information content (AvgIpc) is 2.74. The number of anilines is 1. The number of quaternary nitrogens is 1. The molecule has 1 saturated heterocycles. The van der Waals surface area contributed by atoms with Gasteiger partial charge in [0, 0.05) is 16.8 Å². The van der Waals surface area contributed by atoms with E-state index in [1.54, 1.807) is 36.4 Å². The van der Waals surface area contributed by atoms with Crippen molar-refractivity contribution in [1.29, 1.82) is 0 Å². The molecule has 0 radical (unpaired) electrons. The second kappa shape index (κ2) is 9.95. The molecule has 0 spiro atoms. The number of hydrogen-bond acceptors (Lipinski definition) is 5. The Balaban J connectivity index is 1.45. The van der Waals surface area contributed by atoms with E-state index in [9.17, 15) is 14.4 Å². The first-order valence-corrected chi connectivity index (χ1v) is 9.59. The zero-order valence-corrected chi connectivity index (χ0v) is 16.4. The number of ketones is 1. The van der Waals surface area contributed by atoms with E-state index < -0.39 is 11.9 Å². The highest BCUT2D eigenvalue weighted by Crippen LogP contribution is 2.10. The number of carbonyl (C=O) groups is 3. The lowest BCUT2D eigenvalue weighted by atomic mass is 10.1. The summed E-state index contributed by atoms with van der Waals surface area (Å²) in [4.78, 5) is 36.9. The maximum atomic E-state index is 12.2. The molecule has 152 valence electrons. The maximum Gasteiger partial charge on any atom is 0.338 e. The van der Waals surface area contributed by atoms with Crippen LogP contribution in [0.3, 0.4) is 0 Å². The van der Waals surface area contributed by atoms with Crippen LogP contribution >= 0.6 is 0 Å². The van der Waals surface area contributed by atoms with E-state index in [4.69, 9.17) is 9.47 Å². The molecule has 7 nitrogen and oxygen atoms in total. The normalized spacial score (nSPS) is 14.2. The van der Waals surface area contributed by atoms with Crippen molar-refractivity contribution in [2.75, 3.05) is 38.2 Å². The third-order valence-electron chi connectivity index (χ3n) is 4.75. The summed E-state index contributed by atoms with van der Waals surface area (Å²) in [6.45, 7) is 5.51. The zero-order valence-electron chi connectivity index (χ0n) is 16.4. The van der Waals surface area contributed by atoms with E-state index in [0.29, 0.717) is 16.8 Å². The molecule has 2 N–H and O–H groups in total. The van der Waals surface area contributed by atoms with Crippen LogP contribution < -0.4 is 10.2 Å². The minimum atomic E-state index is -0.544. The molecule has 0 saturated carbocycles. The number of amides is 1. The molecule has 2 aromatic carbocycles. The molecule has 1 aliphatic heterocycles. The highest BCUT2D eigenvalue weighted by Gasteiger charge is 2.15. The lowest BCUT2D eigenvalue weighted by Crippen LogP contribution is -3.12. The Kier molecular flexibility index (Phi) is 7.10. The quantitative estimate of drug-likeness (QED) is 0.540. The molecule has 1 fully saturated rings. The maximum absolute atomic E-state index is 12.2. The summed E-state index contributed by atoms with van der Waals surface area (Å²) in [7, 11) is 0. The molecule has 0 atom stereocenters. The fourth-order valence-electron chi connectivity index (χ4n) is 3.08. The number of Topliss-reactive ketones (excluding diaryl/α,β-unsaturated/α-hetero) is 1. The van der Waals surface area contributed by atoms with Crippen LogP contribution in [0.15, 0.2) is 48.5 Å². The van der Waals surface area contributed by atoms with Gasteiger partial charge in [0.05, 0.1) is 18.8 Å². The van der Waals surface area contributed by atoms with E-state index in [1.165, 1.54) is 11.8 Å².